The van der Waals surface area contributed by atoms with Gasteiger partial charge in [-0.05, 0) is 36.1 Å². The van der Waals surface area contributed by atoms with Gasteiger partial charge in [0.15, 0.2) is 11.5 Å². The van der Waals surface area contributed by atoms with E-state index in [2.05, 4.69) is 0 Å². The van der Waals surface area contributed by atoms with Gasteiger partial charge in [0.25, 0.3) is 0 Å². The Hall–Kier alpha value is -0.750. The van der Waals surface area contributed by atoms with Gasteiger partial charge in [-0.15, -0.1) is 0 Å². The molecule has 1 N–H and O–H groups in total. The van der Waals surface area contributed by atoms with E-state index in [4.69, 9.17) is 9.47 Å². The zero-order valence-electron chi connectivity index (χ0n) is 12.8. The van der Waals surface area contributed by atoms with Gasteiger partial charge >= 0.3 is 29.6 Å². The molecule has 0 radical (unpaired) electrons. The molecule has 0 atom stereocenters. The van der Waals surface area contributed by atoms with E-state index in [-0.39, 0.29) is 36.2 Å². The molecule has 1 aromatic carbocycles. The normalized spacial score (nSPS) is 16.1. The zero-order chi connectivity index (χ0) is 14.8. The molecule has 0 unspecified atom stereocenters. The summed E-state index contributed by atoms with van der Waals surface area (Å²) in [6.45, 7) is -0.245. The standard InChI is InChI=1S/C15H20O5.Na/c1-19-12-7-10(9-16)11(8-13(12)20-2)15(14(17)18)5-3-4-6-15;/h7-8,16H,3-6,9H2,1-2H3,(H,17,18);/q;+1/p-1. The van der Waals surface area contributed by atoms with E-state index in [9.17, 15) is 15.0 Å². The Morgan fingerprint density at radius 3 is 2.19 bits per heavy atom. The van der Waals surface area contributed by atoms with E-state index < -0.39 is 11.4 Å². The third-order valence-electron chi connectivity index (χ3n) is 4.14. The monoisotopic (exact) mass is 302 g/mol. The number of carbonyl (C=O) groups excluding carboxylic acids is 1. The first-order valence-electron chi connectivity index (χ1n) is 6.66. The number of ether oxygens (including phenoxy) is 2. The van der Waals surface area contributed by atoms with Crippen LogP contribution in [0.25, 0.3) is 0 Å². The third-order valence-corrected chi connectivity index (χ3v) is 4.14. The molecule has 6 heteroatoms. The van der Waals surface area contributed by atoms with Crippen LogP contribution in [0.5, 0.6) is 11.5 Å². The molecule has 1 saturated carbocycles. The molecule has 21 heavy (non-hydrogen) atoms. The molecule has 110 valence electrons. The summed E-state index contributed by atoms with van der Waals surface area (Å²) in [7, 11) is 3.00. The number of carbonyl (C=O) groups is 1. The van der Waals surface area contributed by atoms with Gasteiger partial charge in [-0.3, -0.25) is 0 Å². The molecule has 0 aromatic heterocycles. The van der Waals surface area contributed by atoms with Crippen LogP contribution in [-0.4, -0.2) is 25.3 Å². The molecule has 0 heterocycles. The summed E-state index contributed by atoms with van der Waals surface area (Å²) >= 11 is 0. The van der Waals surface area contributed by atoms with Crippen LogP contribution in [0.1, 0.15) is 36.8 Å². The van der Waals surface area contributed by atoms with Crippen molar-refractivity contribution < 1.29 is 54.0 Å². The zero-order valence-corrected chi connectivity index (χ0v) is 14.8. The summed E-state index contributed by atoms with van der Waals surface area (Å²) in [5.41, 5.74) is 0.0985. The smallest absolute Gasteiger partial charge is 0.549 e. The molecule has 0 spiro atoms. The van der Waals surface area contributed by atoms with E-state index in [1.165, 1.54) is 14.2 Å². The molecule has 0 bridgehead atoms. The molecule has 0 aliphatic heterocycles. The van der Waals surface area contributed by atoms with Crippen molar-refractivity contribution >= 4 is 5.97 Å². The number of carboxylic acid groups (broad SMARTS) is 1. The number of hydrogen-bond acceptors (Lipinski definition) is 5. The Bertz CT molecular complexity index is 509. The second-order valence-corrected chi connectivity index (χ2v) is 5.10. The molecule has 1 aliphatic rings. The van der Waals surface area contributed by atoms with Crippen molar-refractivity contribution in [2.24, 2.45) is 0 Å². The van der Waals surface area contributed by atoms with Crippen LogP contribution in [0.4, 0.5) is 0 Å². The van der Waals surface area contributed by atoms with Crippen molar-refractivity contribution in [3.05, 3.63) is 23.3 Å². The fourth-order valence-corrected chi connectivity index (χ4v) is 3.06. The van der Waals surface area contributed by atoms with Crippen LogP contribution in [0.15, 0.2) is 12.1 Å². The van der Waals surface area contributed by atoms with Gasteiger partial charge in [-0.2, -0.15) is 0 Å². The first-order chi connectivity index (χ1) is 9.58. The minimum atomic E-state index is -1.09. The Kier molecular flexibility index (Phi) is 6.53. The largest absolute Gasteiger partial charge is 1.00 e. The van der Waals surface area contributed by atoms with Crippen molar-refractivity contribution in [3.63, 3.8) is 0 Å². The predicted octanol–water partition coefficient (Wildman–Crippen LogP) is -2.24. The Balaban J connectivity index is 0.00000220. The van der Waals surface area contributed by atoms with Gasteiger partial charge in [0.1, 0.15) is 0 Å². The molecule has 1 fully saturated rings. The van der Waals surface area contributed by atoms with Crippen LogP contribution < -0.4 is 44.1 Å². The minimum absolute atomic E-state index is 0. The number of rotatable bonds is 5. The Morgan fingerprint density at radius 1 is 1.24 bits per heavy atom. The molecule has 1 aromatic rings. The van der Waals surface area contributed by atoms with Gasteiger partial charge < -0.3 is 24.5 Å². The SMILES string of the molecule is COc1cc(CO)c(C2(C(=O)[O-])CCCC2)cc1OC.[Na+]. The summed E-state index contributed by atoms with van der Waals surface area (Å²) in [5, 5.41) is 21.2. The first kappa shape index (κ1) is 18.3. The molecule has 2 rings (SSSR count). The van der Waals surface area contributed by atoms with Crippen LogP contribution in [0.3, 0.4) is 0 Å². The Morgan fingerprint density at radius 2 is 1.76 bits per heavy atom. The number of carboxylic acids is 1. The van der Waals surface area contributed by atoms with E-state index in [1.807, 2.05) is 0 Å². The second-order valence-electron chi connectivity index (χ2n) is 5.10. The maximum Gasteiger partial charge on any atom is 1.00 e. The molecular weight excluding hydrogens is 283 g/mol. The quantitative estimate of drug-likeness (QED) is 0.622. The third kappa shape index (κ3) is 3.21. The summed E-state index contributed by atoms with van der Waals surface area (Å²) in [5.74, 6) is -0.143. The average Bonchev–Trinajstić information content (AvgIpc) is 2.96. The van der Waals surface area contributed by atoms with Gasteiger partial charge in [0.05, 0.1) is 26.8 Å². The molecule has 5 nitrogen and oxygen atoms in total. The molecule has 0 saturated heterocycles. The van der Waals surface area contributed by atoms with E-state index in [0.717, 1.165) is 12.8 Å². The van der Waals surface area contributed by atoms with Crippen LogP contribution in [-0.2, 0) is 16.8 Å². The van der Waals surface area contributed by atoms with Gasteiger partial charge in [0.2, 0.25) is 0 Å². The number of aliphatic carboxylic acids is 1. The minimum Gasteiger partial charge on any atom is -0.549 e. The fourth-order valence-electron chi connectivity index (χ4n) is 3.06. The van der Waals surface area contributed by atoms with Gasteiger partial charge in [-0.1, -0.05) is 12.8 Å². The van der Waals surface area contributed by atoms with Crippen molar-refractivity contribution in [2.45, 2.75) is 37.7 Å². The van der Waals surface area contributed by atoms with Crippen molar-refractivity contribution in [2.75, 3.05) is 14.2 Å². The van der Waals surface area contributed by atoms with Crippen molar-refractivity contribution in [1.82, 2.24) is 0 Å². The van der Waals surface area contributed by atoms with Crippen molar-refractivity contribution in [1.29, 1.82) is 0 Å². The summed E-state index contributed by atoms with van der Waals surface area (Å²) < 4.78 is 10.4. The number of aliphatic hydroxyl groups is 1. The van der Waals surface area contributed by atoms with E-state index in [0.29, 0.717) is 35.5 Å². The summed E-state index contributed by atoms with van der Waals surface area (Å²) in [6, 6.07) is 3.29. The van der Waals surface area contributed by atoms with Gasteiger partial charge in [-0.25, -0.2) is 0 Å². The average molecular weight is 302 g/mol. The molecule has 0 amide bonds. The van der Waals surface area contributed by atoms with E-state index >= 15 is 0 Å². The number of aliphatic hydroxyl groups excluding tert-OH is 1. The fraction of sp³-hybridized carbons (Fsp3) is 0.533. The topological polar surface area (TPSA) is 78.8 Å². The Labute approximate surface area is 146 Å². The van der Waals surface area contributed by atoms with Crippen LogP contribution in [0.2, 0.25) is 0 Å². The first-order valence-corrected chi connectivity index (χ1v) is 6.66. The molecular formula is C15H19NaO5. The van der Waals surface area contributed by atoms with Gasteiger partial charge in [0, 0.05) is 5.41 Å². The number of methoxy groups -OCH3 is 2. The maximum absolute atomic E-state index is 11.7. The number of benzene rings is 1. The summed E-state index contributed by atoms with van der Waals surface area (Å²) in [4.78, 5) is 11.7. The molecule has 1 aliphatic carbocycles. The van der Waals surface area contributed by atoms with Crippen LogP contribution in [0, 0.1) is 0 Å². The summed E-state index contributed by atoms with van der Waals surface area (Å²) in [6.07, 6.45) is 2.73. The van der Waals surface area contributed by atoms with Crippen molar-refractivity contribution in [3.8, 4) is 11.5 Å². The number of hydrogen-bond donors (Lipinski definition) is 1. The second kappa shape index (κ2) is 7.49. The maximum atomic E-state index is 11.7. The van der Waals surface area contributed by atoms with Crippen LogP contribution >= 0.6 is 0 Å². The van der Waals surface area contributed by atoms with E-state index in [1.54, 1.807) is 12.1 Å². The predicted molar refractivity (Wildman–Crippen MR) is 70.6 cm³/mol.